The summed E-state index contributed by atoms with van der Waals surface area (Å²) in [6.45, 7) is 2.06. The van der Waals surface area contributed by atoms with Crippen molar-refractivity contribution in [1.82, 2.24) is 15.5 Å². The monoisotopic (exact) mass is 323 g/mol. The summed E-state index contributed by atoms with van der Waals surface area (Å²) in [4.78, 5) is 27.1. The zero-order valence-electron chi connectivity index (χ0n) is 13.6. The fourth-order valence-corrected chi connectivity index (χ4v) is 2.90. The van der Waals surface area contributed by atoms with Crippen LogP contribution in [-0.4, -0.2) is 33.2 Å². The van der Waals surface area contributed by atoms with Crippen molar-refractivity contribution in [3.8, 4) is 0 Å². The van der Waals surface area contributed by atoms with Gasteiger partial charge in [0.15, 0.2) is 5.82 Å². The third-order valence-electron chi connectivity index (χ3n) is 4.22. The summed E-state index contributed by atoms with van der Waals surface area (Å²) in [5.74, 6) is 0.345. The van der Waals surface area contributed by atoms with Gasteiger partial charge in [0, 0.05) is 25.3 Å². The second-order valence-corrected chi connectivity index (χ2v) is 6.16. The summed E-state index contributed by atoms with van der Waals surface area (Å²) in [6, 6.07) is 0.109. The highest BCUT2D eigenvalue weighted by Crippen LogP contribution is 2.24. The molecule has 1 heterocycles. The predicted molar refractivity (Wildman–Crippen MR) is 82.8 cm³/mol. The number of carboxylic acids is 1. The normalized spacial score (nSPS) is 21.1. The molecule has 0 spiro atoms. The number of amides is 1. The van der Waals surface area contributed by atoms with Crippen LogP contribution in [0.3, 0.4) is 0 Å². The number of nitrogens with one attached hydrogen (secondary N) is 1. The minimum Gasteiger partial charge on any atom is -0.481 e. The molecule has 0 aromatic carbocycles. The Morgan fingerprint density at radius 3 is 2.65 bits per heavy atom. The lowest BCUT2D eigenvalue weighted by Crippen LogP contribution is -2.38. The fourth-order valence-electron chi connectivity index (χ4n) is 2.90. The lowest BCUT2D eigenvalue weighted by Gasteiger charge is -2.26. The topological polar surface area (TPSA) is 105 Å². The Kier molecular flexibility index (Phi) is 6.55. The summed E-state index contributed by atoms with van der Waals surface area (Å²) >= 11 is 0. The smallest absolute Gasteiger partial charge is 0.306 e. The molecule has 1 amide bonds. The first-order valence-electron chi connectivity index (χ1n) is 8.42. The largest absolute Gasteiger partial charge is 0.481 e. The molecule has 7 heteroatoms. The number of hydrogen-bond acceptors (Lipinski definition) is 5. The molecule has 2 rings (SSSR count). The Hall–Kier alpha value is -1.92. The maximum Gasteiger partial charge on any atom is 0.306 e. The van der Waals surface area contributed by atoms with Crippen molar-refractivity contribution >= 4 is 11.9 Å². The van der Waals surface area contributed by atoms with Crippen molar-refractivity contribution in [2.75, 3.05) is 0 Å². The van der Waals surface area contributed by atoms with E-state index in [1.807, 2.05) is 0 Å². The Labute approximate surface area is 135 Å². The Bertz CT molecular complexity index is 521. The van der Waals surface area contributed by atoms with Gasteiger partial charge in [-0.05, 0) is 38.5 Å². The molecule has 1 aliphatic rings. The van der Waals surface area contributed by atoms with E-state index < -0.39 is 5.97 Å². The molecule has 0 radical (unpaired) electrons. The van der Waals surface area contributed by atoms with Crippen molar-refractivity contribution in [2.24, 2.45) is 5.92 Å². The number of carboxylic acid groups (broad SMARTS) is 1. The van der Waals surface area contributed by atoms with E-state index in [4.69, 9.17) is 9.63 Å². The summed E-state index contributed by atoms with van der Waals surface area (Å²) in [5, 5.41) is 15.8. The summed E-state index contributed by atoms with van der Waals surface area (Å²) < 4.78 is 5.13. The van der Waals surface area contributed by atoms with E-state index in [9.17, 15) is 9.59 Å². The van der Waals surface area contributed by atoms with Crippen LogP contribution < -0.4 is 5.32 Å². The van der Waals surface area contributed by atoms with Gasteiger partial charge in [0.05, 0.1) is 5.92 Å². The molecule has 1 aliphatic carbocycles. The van der Waals surface area contributed by atoms with Crippen LogP contribution in [0.1, 0.15) is 63.6 Å². The molecule has 7 nitrogen and oxygen atoms in total. The molecule has 0 saturated heterocycles. The van der Waals surface area contributed by atoms with E-state index in [1.165, 1.54) is 0 Å². The quantitative estimate of drug-likeness (QED) is 0.759. The highest BCUT2D eigenvalue weighted by atomic mass is 16.5. The first kappa shape index (κ1) is 17.4. The minimum absolute atomic E-state index is 0.0112. The first-order chi connectivity index (χ1) is 11.1. The lowest BCUT2D eigenvalue weighted by atomic mass is 9.86. The van der Waals surface area contributed by atoms with Crippen LogP contribution in [-0.2, 0) is 22.4 Å². The molecule has 1 fully saturated rings. The van der Waals surface area contributed by atoms with Crippen molar-refractivity contribution < 1.29 is 19.2 Å². The zero-order valence-corrected chi connectivity index (χ0v) is 13.6. The van der Waals surface area contributed by atoms with Crippen LogP contribution in [0.25, 0.3) is 0 Å². The number of carbonyl (C=O) groups excluding carboxylic acids is 1. The van der Waals surface area contributed by atoms with E-state index in [1.54, 1.807) is 0 Å². The van der Waals surface area contributed by atoms with Crippen molar-refractivity contribution in [3.05, 3.63) is 11.7 Å². The van der Waals surface area contributed by atoms with Crippen LogP contribution in [0.2, 0.25) is 0 Å². The van der Waals surface area contributed by atoms with Crippen LogP contribution in [0.4, 0.5) is 0 Å². The number of aromatic nitrogens is 2. The lowest BCUT2D eigenvalue weighted by molar-refractivity contribution is -0.142. The molecule has 23 heavy (non-hydrogen) atoms. The Balaban J connectivity index is 1.62. The third kappa shape index (κ3) is 5.65. The van der Waals surface area contributed by atoms with E-state index >= 15 is 0 Å². The standard InChI is InChI=1S/C16H25N3O4/c1-2-4-13-18-15(23-19-13)6-3-5-14(20)17-12-9-7-11(8-10-12)16(21)22/h11-12H,2-10H2,1H3,(H,17,20)(H,21,22). The maximum atomic E-state index is 11.9. The Morgan fingerprint density at radius 2 is 2.00 bits per heavy atom. The maximum absolute atomic E-state index is 11.9. The van der Waals surface area contributed by atoms with Crippen LogP contribution in [0.15, 0.2) is 4.52 Å². The van der Waals surface area contributed by atoms with Gasteiger partial charge in [0.2, 0.25) is 11.8 Å². The molecule has 128 valence electrons. The molecule has 0 unspecified atom stereocenters. The van der Waals surface area contributed by atoms with Crippen molar-refractivity contribution in [2.45, 2.75) is 70.8 Å². The van der Waals surface area contributed by atoms with Gasteiger partial charge in [-0.2, -0.15) is 4.98 Å². The van der Waals surface area contributed by atoms with Crippen LogP contribution in [0, 0.1) is 5.92 Å². The Morgan fingerprint density at radius 1 is 1.26 bits per heavy atom. The predicted octanol–water partition coefficient (Wildman–Crippen LogP) is 2.10. The molecule has 0 bridgehead atoms. The highest BCUT2D eigenvalue weighted by molar-refractivity contribution is 5.76. The van der Waals surface area contributed by atoms with Gasteiger partial charge in [0.1, 0.15) is 0 Å². The highest BCUT2D eigenvalue weighted by Gasteiger charge is 2.26. The molecule has 1 aromatic rings. The number of aliphatic carboxylic acids is 1. The van der Waals surface area contributed by atoms with Crippen LogP contribution >= 0.6 is 0 Å². The number of rotatable bonds is 8. The molecular weight excluding hydrogens is 298 g/mol. The fraction of sp³-hybridized carbons (Fsp3) is 0.750. The molecular formula is C16H25N3O4. The molecule has 1 aromatic heterocycles. The summed E-state index contributed by atoms with van der Waals surface area (Å²) in [5.41, 5.74) is 0. The van der Waals surface area contributed by atoms with Gasteiger partial charge < -0.3 is 14.9 Å². The second-order valence-electron chi connectivity index (χ2n) is 6.16. The number of aryl methyl sites for hydroxylation is 2. The third-order valence-corrected chi connectivity index (χ3v) is 4.22. The van der Waals surface area contributed by atoms with E-state index in [2.05, 4.69) is 22.4 Å². The average molecular weight is 323 g/mol. The van der Waals surface area contributed by atoms with Gasteiger partial charge in [-0.3, -0.25) is 9.59 Å². The van der Waals surface area contributed by atoms with Gasteiger partial charge in [-0.25, -0.2) is 0 Å². The van der Waals surface area contributed by atoms with E-state index in [0.717, 1.165) is 31.5 Å². The van der Waals surface area contributed by atoms with Crippen molar-refractivity contribution in [1.29, 1.82) is 0 Å². The summed E-state index contributed by atoms with van der Waals surface area (Å²) in [7, 11) is 0. The summed E-state index contributed by atoms with van der Waals surface area (Å²) in [6.07, 6.45) is 6.25. The van der Waals surface area contributed by atoms with Crippen molar-refractivity contribution in [3.63, 3.8) is 0 Å². The van der Waals surface area contributed by atoms with Gasteiger partial charge >= 0.3 is 5.97 Å². The molecule has 0 atom stereocenters. The first-order valence-corrected chi connectivity index (χ1v) is 8.42. The number of hydrogen-bond donors (Lipinski definition) is 2. The number of nitrogens with zero attached hydrogens (tertiary/aromatic N) is 2. The van der Waals surface area contributed by atoms with Gasteiger partial charge in [0.25, 0.3) is 0 Å². The van der Waals surface area contributed by atoms with Crippen LogP contribution in [0.5, 0.6) is 0 Å². The number of carbonyl (C=O) groups is 2. The minimum atomic E-state index is -0.725. The average Bonchev–Trinajstić information content (AvgIpc) is 2.96. The second kappa shape index (κ2) is 8.64. The van der Waals surface area contributed by atoms with E-state index in [-0.39, 0.29) is 17.9 Å². The van der Waals surface area contributed by atoms with E-state index in [0.29, 0.717) is 38.0 Å². The molecule has 2 N–H and O–H groups in total. The molecule has 1 saturated carbocycles. The molecule has 0 aliphatic heterocycles. The zero-order chi connectivity index (χ0) is 16.7. The SMILES string of the molecule is CCCc1noc(CCCC(=O)NC2CCC(C(=O)O)CC2)n1. The van der Waals surface area contributed by atoms with Gasteiger partial charge in [-0.1, -0.05) is 12.1 Å². The van der Waals surface area contributed by atoms with Gasteiger partial charge in [-0.15, -0.1) is 0 Å².